The van der Waals surface area contributed by atoms with E-state index in [1.54, 1.807) is 0 Å². The van der Waals surface area contributed by atoms with Gasteiger partial charge in [-0.2, -0.15) is 13.2 Å². The molecule has 0 fully saturated rings. The number of nitrogens with zero attached hydrogens (tertiary/aromatic N) is 1. The van der Waals surface area contributed by atoms with Gasteiger partial charge >= 0.3 is 6.18 Å². The lowest BCUT2D eigenvalue weighted by molar-refractivity contribution is -0.127. The van der Waals surface area contributed by atoms with Gasteiger partial charge in [-0.05, 0) is 17.1 Å². The van der Waals surface area contributed by atoms with Gasteiger partial charge in [0.2, 0.25) is 0 Å². The number of halogens is 3. The Morgan fingerprint density at radius 3 is 2.60 bits per heavy atom. The zero-order chi connectivity index (χ0) is 7.61. The van der Waals surface area contributed by atoms with Crippen LogP contribution in [0.15, 0.2) is 11.6 Å². The topological polar surface area (TPSA) is 12.9 Å². The van der Waals surface area contributed by atoms with Gasteiger partial charge in [-0.3, -0.25) is 0 Å². The maximum absolute atomic E-state index is 11.6. The lowest BCUT2D eigenvalue weighted by Crippen LogP contribution is -2.10. The molecule has 0 spiro atoms. The van der Waals surface area contributed by atoms with Crippen molar-refractivity contribution in [3.05, 3.63) is 17.1 Å². The molecule has 0 aromatic carbocycles. The summed E-state index contributed by atoms with van der Waals surface area (Å²) in [5.41, 5.74) is 0.234. The highest BCUT2D eigenvalue weighted by molar-refractivity contribution is 7.03. The molecule has 0 atom stereocenters. The number of hydrogen-bond acceptors (Lipinski definition) is 2. The maximum atomic E-state index is 11.6. The highest BCUT2D eigenvalue weighted by Crippen LogP contribution is 2.21. The average molecular weight is 167 g/mol. The summed E-state index contributed by atoms with van der Waals surface area (Å²) in [6, 6.07) is 0. The molecule has 0 bridgehead atoms. The van der Waals surface area contributed by atoms with Crippen molar-refractivity contribution in [2.24, 2.45) is 0 Å². The minimum Gasteiger partial charge on any atom is -0.201 e. The summed E-state index contributed by atoms with van der Waals surface area (Å²) in [4.78, 5) is 0. The van der Waals surface area contributed by atoms with Gasteiger partial charge < -0.3 is 0 Å². The fourth-order valence-electron chi connectivity index (χ4n) is 0.545. The van der Waals surface area contributed by atoms with Crippen molar-refractivity contribution >= 4 is 11.5 Å². The summed E-state index contributed by atoms with van der Waals surface area (Å²) in [7, 11) is 0. The third kappa shape index (κ3) is 2.34. The molecule has 5 heteroatoms. The third-order valence-corrected chi connectivity index (χ3v) is 1.52. The smallest absolute Gasteiger partial charge is 0.201 e. The first-order chi connectivity index (χ1) is 4.58. The van der Waals surface area contributed by atoms with Crippen molar-refractivity contribution in [1.82, 2.24) is 4.37 Å². The van der Waals surface area contributed by atoms with E-state index in [2.05, 4.69) is 4.37 Å². The molecule has 1 aromatic rings. The molecule has 0 aliphatic rings. The van der Waals surface area contributed by atoms with Crippen LogP contribution in [0.2, 0.25) is 0 Å². The predicted octanol–water partition coefficient (Wildman–Crippen LogP) is 2.25. The summed E-state index contributed by atoms with van der Waals surface area (Å²) in [6.45, 7) is 0. The average Bonchev–Trinajstić information content (AvgIpc) is 2.12. The Bertz CT molecular complexity index is 191. The van der Waals surface area contributed by atoms with Gasteiger partial charge in [-0.1, -0.05) is 0 Å². The summed E-state index contributed by atoms with van der Waals surface area (Å²) in [5.74, 6) is 0. The van der Waals surface area contributed by atoms with Crippen LogP contribution < -0.4 is 0 Å². The van der Waals surface area contributed by atoms with Gasteiger partial charge in [0.05, 0.1) is 6.42 Å². The van der Waals surface area contributed by atoms with Crippen LogP contribution in [-0.4, -0.2) is 10.5 Å². The minimum absolute atomic E-state index is 0.234. The first-order valence-corrected chi connectivity index (χ1v) is 3.36. The lowest BCUT2D eigenvalue weighted by Gasteiger charge is -2.01. The molecule has 10 heavy (non-hydrogen) atoms. The highest BCUT2D eigenvalue weighted by atomic mass is 32.1. The van der Waals surface area contributed by atoms with Crippen LogP contribution in [0.3, 0.4) is 0 Å². The summed E-state index contributed by atoms with van der Waals surface area (Å²) >= 11 is 1.03. The largest absolute Gasteiger partial charge is 0.393 e. The van der Waals surface area contributed by atoms with E-state index in [9.17, 15) is 13.2 Å². The molecule has 0 radical (unpaired) electrons. The van der Waals surface area contributed by atoms with Gasteiger partial charge in [-0.15, -0.1) is 0 Å². The second-order valence-electron chi connectivity index (χ2n) is 1.82. The Hall–Kier alpha value is -0.580. The van der Waals surface area contributed by atoms with Crippen LogP contribution in [0.1, 0.15) is 5.56 Å². The zero-order valence-electron chi connectivity index (χ0n) is 4.85. The molecule has 0 amide bonds. The number of hydrogen-bond donors (Lipinski definition) is 0. The predicted molar refractivity (Wildman–Crippen MR) is 31.9 cm³/mol. The van der Waals surface area contributed by atoms with Gasteiger partial charge in [0, 0.05) is 11.6 Å². The monoisotopic (exact) mass is 167 g/mol. The molecule has 0 saturated carbocycles. The first kappa shape index (κ1) is 7.53. The minimum atomic E-state index is -4.11. The van der Waals surface area contributed by atoms with Gasteiger partial charge in [0.15, 0.2) is 0 Å². The molecular formula is C5H4F3NS. The summed E-state index contributed by atoms with van der Waals surface area (Å²) in [5, 5.41) is 1.40. The number of rotatable bonds is 1. The number of alkyl halides is 3. The molecule has 56 valence electrons. The zero-order valence-corrected chi connectivity index (χ0v) is 5.67. The molecule has 1 nitrogen and oxygen atoms in total. The molecule has 1 rings (SSSR count). The van der Waals surface area contributed by atoms with Crippen molar-refractivity contribution in [1.29, 1.82) is 0 Å². The van der Waals surface area contributed by atoms with Crippen molar-refractivity contribution in [3.63, 3.8) is 0 Å². The van der Waals surface area contributed by atoms with Crippen molar-refractivity contribution < 1.29 is 13.2 Å². The summed E-state index contributed by atoms with van der Waals surface area (Å²) in [6.07, 6.45) is -3.75. The third-order valence-electron chi connectivity index (χ3n) is 0.888. The Kier molecular flexibility index (Phi) is 1.94. The van der Waals surface area contributed by atoms with Gasteiger partial charge in [0.25, 0.3) is 0 Å². The SMILES string of the molecule is FC(F)(F)Cc1cnsc1. The van der Waals surface area contributed by atoms with Crippen LogP contribution in [0.4, 0.5) is 13.2 Å². The lowest BCUT2D eigenvalue weighted by atomic mass is 10.3. The van der Waals surface area contributed by atoms with E-state index in [4.69, 9.17) is 0 Å². The summed E-state index contributed by atoms with van der Waals surface area (Å²) < 4.78 is 38.3. The van der Waals surface area contributed by atoms with E-state index in [0.29, 0.717) is 0 Å². The van der Waals surface area contributed by atoms with E-state index in [1.807, 2.05) is 0 Å². The normalized spacial score (nSPS) is 11.9. The molecule has 0 aliphatic heterocycles. The molecule has 0 aliphatic carbocycles. The molecule has 0 N–H and O–H groups in total. The van der Waals surface area contributed by atoms with E-state index < -0.39 is 12.6 Å². The van der Waals surface area contributed by atoms with Crippen molar-refractivity contribution in [2.75, 3.05) is 0 Å². The van der Waals surface area contributed by atoms with E-state index in [1.165, 1.54) is 11.6 Å². The fourth-order valence-corrected chi connectivity index (χ4v) is 1.08. The molecule has 1 heterocycles. The molecular weight excluding hydrogens is 163 g/mol. The van der Waals surface area contributed by atoms with Gasteiger partial charge in [0.1, 0.15) is 0 Å². The maximum Gasteiger partial charge on any atom is 0.393 e. The Labute approximate surface area is 59.7 Å². The van der Waals surface area contributed by atoms with Crippen LogP contribution in [0.25, 0.3) is 0 Å². The van der Waals surface area contributed by atoms with Gasteiger partial charge in [-0.25, -0.2) is 4.37 Å². The van der Waals surface area contributed by atoms with Crippen LogP contribution in [0.5, 0.6) is 0 Å². The molecule has 0 unspecified atom stereocenters. The van der Waals surface area contributed by atoms with Crippen molar-refractivity contribution in [2.45, 2.75) is 12.6 Å². The Morgan fingerprint density at radius 1 is 1.50 bits per heavy atom. The second kappa shape index (κ2) is 2.57. The Balaban J connectivity index is 2.57. The molecule has 0 saturated heterocycles. The Morgan fingerprint density at radius 2 is 2.20 bits per heavy atom. The van der Waals surface area contributed by atoms with Crippen LogP contribution in [-0.2, 0) is 6.42 Å². The van der Waals surface area contributed by atoms with Crippen LogP contribution >= 0.6 is 11.5 Å². The second-order valence-corrected chi connectivity index (χ2v) is 2.48. The van der Waals surface area contributed by atoms with E-state index >= 15 is 0 Å². The van der Waals surface area contributed by atoms with Crippen LogP contribution in [0, 0.1) is 0 Å². The number of aromatic nitrogens is 1. The van der Waals surface area contributed by atoms with E-state index in [0.717, 1.165) is 11.5 Å². The quantitative estimate of drug-likeness (QED) is 0.625. The van der Waals surface area contributed by atoms with E-state index in [-0.39, 0.29) is 5.56 Å². The highest BCUT2D eigenvalue weighted by Gasteiger charge is 2.27. The molecule has 1 aromatic heterocycles. The first-order valence-electron chi connectivity index (χ1n) is 2.53. The fraction of sp³-hybridized carbons (Fsp3) is 0.400. The standard InChI is InChI=1S/C5H4F3NS/c6-5(7,8)1-4-2-9-10-3-4/h2-3H,1H2. The van der Waals surface area contributed by atoms with Crippen molar-refractivity contribution in [3.8, 4) is 0 Å².